The Morgan fingerprint density at radius 1 is 1.60 bits per heavy atom. The lowest BCUT2D eigenvalue weighted by Gasteiger charge is -2.07. The molecule has 0 unspecified atom stereocenters. The van der Waals surface area contributed by atoms with Gasteiger partial charge < -0.3 is 4.74 Å². The largest absolute Gasteiger partial charge is 0.462 e. The molecule has 0 aliphatic carbocycles. The number of benzene rings is 1. The van der Waals surface area contributed by atoms with Crippen molar-refractivity contribution in [3.8, 4) is 6.07 Å². The Bertz CT molecular complexity index is 435. The van der Waals surface area contributed by atoms with E-state index in [2.05, 4.69) is 0 Å². The molecule has 0 spiro atoms. The van der Waals surface area contributed by atoms with E-state index in [9.17, 15) is 4.79 Å². The third kappa shape index (κ3) is 2.28. The molecular weight excluding hydrogens is 214 g/mol. The van der Waals surface area contributed by atoms with Gasteiger partial charge in [0, 0.05) is 0 Å². The Hall–Kier alpha value is -1.53. The minimum atomic E-state index is -0.415. The average Bonchev–Trinajstić information content (AvgIpc) is 2.22. The van der Waals surface area contributed by atoms with Gasteiger partial charge >= 0.3 is 5.97 Å². The van der Waals surface area contributed by atoms with Crippen LogP contribution in [0.25, 0.3) is 0 Å². The van der Waals surface area contributed by atoms with Crippen molar-refractivity contribution in [2.45, 2.75) is 13.8 Å². The van der Waals surface area contributed by atoms with Gasteiger partial charge in [-0.05, 0) is 31.5 Å². The molecule has 0 radical (unpaired) electrons. The fourth-order valence-corrected chi connectivity index (χ4v) is 1.41. The highest BCUT2D eigenvalue weighted by Crippen LogP contribution is 2.23. The predicted molar refractivity (Wildman–Crippen MR) is 56.9 cm³/mol. The first kappa shape index (κ1) is 11.5. The Labute approximate surface area is 93.2 Å². The molecule has 0 aliphatic heterocycles. The summed E-state index contributed by atoms with van der Waals surface area (Å²) < 4.78 is 4.86. The quantitative estimate of drug-likeness (QED) is 0.725. The van der Waals surface area contributed by atoms with E-state index >= 15 is 0 Å². The van der Waals surface area contributed by atoms with Crippen LogP contribution in [0.5, 0.6) is 0 Å². The number of hydrogen-bond acceptors (Lipinski definition) is 3. The van der Waals surface area contributed by atoms with E-state index in [1.54, 1.807) is 19.9 Å². The molecule has 0 aromatic heterocycles. The Kier molecular flexibility index (Phi) is 3.70. The predicted octanol–water partition coefficient (Wildman–Crippen LogP) is 2.70. The molecule has 0 saturated carbocycles. The Morgan fingerprint density at radius 2 is 2.27 bits per heavy atom. The molecule has 3 nitrogen and oxygen atoms in total. The molecule has 0 N–H and O–H groups in total. The first-order valence-corrected chi connectivity index (χ1v) is 4.86. The van der Waals surface area contributed by atoms with Crippen LogP contribution >= 0.6 is 11.6 Å². The number of carbonyl (C=O) groups is 1. The highest BCUT2D eigenvalue weighted by molar-refractivity contribution is 6.33. The van der Waals surface area contributed by atoms with Crippen molar-refractivity contribution in [1.82, 2.24) is 0 Å². The van der Waals surface area contributed by atoms with Gasteiger partial charge in [-0.2, -0.15) is 5.26 Å². The second-order valence-corrected chi connectivity index (χ2v) is 3.31. The zero-order valence-electron chi connectivity index (χ0n) is 8.50. The van der Waals surface area contributed by atoms with E-state index in [-0.39, 0.29) is 0 Å². The van der Waals surface area contributed by atoms with Crippen molar-refractivity contribution in [3.05, 3.63) is 33.8 Å². The second kappa shape index (κ2) is 4.81. The first-order valence-electron chi connectivity index (χ1n) is 4.48. The van der Waals surface area contributed by atoms with E-state index < -0.39 is 5.97 Å². The van der Waals surface area contributed by atoms with Gasteiger partial charge in [0.1, 0.15) is 6.07 Å². The summed E-state index contributed by atoms with van der Waals surface area (Å²) in [6, 6.07) is 5.02. The molecule has 0 heterocycles. The van der Waals surface area contributed by atoms with Crippen molar-refractivity contribution < 1.29 is 9.53 Å². The zero-order valence-corrected chi connectivity index (χ0v) is 9.26. The van der Waals surface area contributed by atoms with E-state index in [1.165, 1.54) is 6.07 Å². The van der Waals surface area contributed by atoms with Gasteiger partial charge in [0.15, 0.2) is 0 Å². The molecule has 1 aromatic rings. The van der Waals surface area contributed by atoms with E-state index in [0.717, 1.165) is 0 Å². The minimum absolute atomic E-state index is 0.308. The minimum Gasteiger partial charge on any atom is -0.462 e. The van der Waals surface area contributed by atoms with Crippen molar-refractivity contribution in [1.29, 1.82) is 5.26 Å². The second-order valence-electron chi connectivity index (χ2n) is 2.93. The average molecular weight is 224 g/mol. The smallest absolute Gasteiger partial charge is 0.338 e. The lowest BCUT2D eigenvalue weighted by atomic mass is 10.1. The van der Waals surface area contributed by atoms with Crippen molar-refractivity contribution in [2.24, 2.45) is 0 Å². The van der Waals surface area contributed by atoms with Crippen LogP contribution in [0.4, 0.5) is 0 Å². The van der Waals surface area contributed by atoms with Gasteiger partial charge in [0.05, 0.1) is 22.8 Å². The number of carbonyl (C=O) groups excluding carboxylic acids is 1. The highest BCUT2D eigenvalue weighted by Gasteiger charge is 2.14. The molecule has 0 fully saturated rings. The molecule has 0 amide bonds. The van der Waals surface area contributed by atoms with Gasteiger partial charge in [0.2, 0.25) is 0 Å². The zero-order chi connectivity index (χ0) is 11.4. The molecule has 0 atom stereocenters. The SMILES string of the molecule is CCOC(=O)c1ccc(C#N)c(Cl)c1C. The first-order chi connectivity index (χ1) is 7.11. The molecule has 78 valence electrons. The summed E-state index contributed by atoms with van der Waals surface area (Å²) in [5.74, 6) is -0.415. The fraction of sp³-hybridized carbons (Fsp3) is 0.273. The number of ether oxygens (including phenoxy) is 1. The van der Waals surface area contributed by atoms with Crippen LogP contribution in [0.1, 0.15) is 28.4 Å². The van der Waals surface area contributed by atoms with Crippen LogP contribution < -0.4 is 0 Å². The van der Waals surface area contributed by atoms with Crippen LogP contribution in [0.2, 0.25) is 5.02 Å². The summed E-state index contributed by atoms with van der Waals surface area (Å²) in [5.41, 5.74) is 1.34. The highest BCUT2D eigenvalue weighted by atomic mass is 35.5. The topological polar surface area (TPSA) is 50.1 Å². The summed E-state index contributed by atoms with van der Waals surface area (Å²) in [5, 5.41) is 9.03. The Balaban J connectivity index is 3.19. The van der Waals surface area contributed by atoms with E-state index in [0.29, 0.717) is 28.3 Å². The molecule has 1 rings (SSSR count). The number of rotatable bonds is 2. The van der Waals surface area contributed by atoms with Gasteiger partial charge in [-0.25, -0.2) is 4.79 Å². The van der Waals surface area contributed by atoms with Gasteiger partial charge in [0.25, 0.3) is 0 Å². The molecule has 4 heteroatoms. The van der Waals surface area contributed by atoms with Gasteiger partial charge in [-0.1, -0.05) is 11.6 Å². The van der Waals surface area contributed by atoms with Gasteiger partial charge in [-0.15, -0.1) is 0 Å². The van der Waals surface area contributed by atoms with Crippen molar-refractivity contribution in [2.75, 3.05) is 6.61 Å². The van der Waals surface area contributed by atoms with Crippen LogP contribution in [0.15, 0.2) is 12.1 Å². The van der Waals surface area contributed by atoms with E-state index in [1.807, 2.05) is 6.07 Å². The summed E-state index contributed by atoms with van der Waals surface area (Å²) in [7, 11) is 0. The number of nitrogens with zero attached hydrogens (tertiary/aromatic N) is 1. The summed E-state index contributed by atoms with van der Waals surface area (Å²) >= 11 is 5.91. The van der Waals surface area contributed by atoms with Crippen molar-refractivity contribution >= 4 is 17.6 Å². The Morgan fingerprint density at radius 3 is 2.80 bits per heavy atom. The number of halogens is 1. The normalized spacial score (nSPS) is 9.47. The number of nitriles is 1. The van der Waals surface area contributed by atoms with Gasteiger partial charge in [-0.3, -0.25) is 0 Å². The number of esters is 1. The molecule has 0 saturated heterocycles. The maximum absolute atomic E-state index is 11.5. The van der Waals surface area contributed by atoms with E-state index in [4.69, 9.17) is 21.6 Å². The maximum atomic E-state index is 11.5. The lowest BCUT2D eigenvalue weighted by molar-refractivity contribution is 0.0525. The molecular formula is C11H10ClNO2. The maximum Gasteiger partial charge on any atom is 0.338 e. The summed E-state index contributed by atoms with van der Waals surface area (Å²) in [4.78, 5) is 11.5. The van der Waals surface area contributed by atoms with Crippen LogP contribution in [-0.4, -0.2) is 12.6 Å². The molecule has 1 aromatic carbocycles. The van der Waals surface area contributed by atoms with Crippen LogP contribution in [0, 0.1) is 18.3 Å². The van der Waals surface area contributed by atoms with Crippen LogP contribution in [0.3, 0.4) is 0 Å². The molecule has 0 aliphatic rings. The molecule has 15 heavy (non-hydrogen) atoms. The summed E-state index contributed by atoms with van der Waals surface area (Å²) in [6.45, 7) is 3.74. The van der Waals surface area contributed by atoms with Crippen molar-refractivity contribution in [3.63, 3.8) is 0 Å². The number of hydrogen-bond donors (Lipinski definition) is 0. The molecule has 0 bridgehead atoms. The fourth-order valence-electron chi connectivity index (χ4n) is 1.20. The monoisotopic (exact) mass is 223 g/mol. The lowest BCUT2D eigenvalue weighted by Crippen LogP contribution is -2.07. The van der Waals surface area contributed by atoms with Crippen LogP contribution in [-0.2, 0) is 4.74 Å². The summed E-state index contributed by atoms with van der Waals surface area (Å²) in [6.07, 6.45) is 0. The standard InChI is InChI=1S/C11H10ClNO2/c1-3-15-11(14)9-5-4-8(6-13)10(12)7(9)2/h4-5H,3H2,1-2H3. The third-order valence-corrected chi connectivity index (χ3v) is 2.49. The third-order valence-electron chi connectivity index (χ3n) is 2.00.